The van der Waals surface area contributed by atoms with E-state index in [9.17, 15) is 14.0 Å². The van der Waals surface area contributed by atoms with Crippen LogP contribution in [0.2, 0.25) is 0 Å². The molecule has 2 aromatic heterocycles. The summed E-state index contributed by atoms with van der Waals surface area (Å²) in [5.74, 6) is -0.266. The molecule has 1 aliphatic rings. The van der Waals surface area contributed by atoms with Crippen LogP contribution < -0.4 is 5.69 Å². The van der Waals surface area contributed by atoms with E-state index in [0.29, 0.717) is 36.2 Å². The Morgan fingerprint density at radius 2 is 1.85 bits per heavy atom. The number of pyridine rings is 1. The molecule has 3 heterocycles. The molecule has 1 atom stereocenters. The zero-order valence-electron chi connectivity index (χ0n) is 18.2. The van der Waals surface area contributed by atoms with Crippen molar-refractivity contribution in [2.75, 3.05) is 13.1 Å². The van der Waals surface area contributed by atoms with Crippen LogP contribution in [0.25, 0.3) is 11.2 Å². The molecule has 168 valence electrons. The number of hydrogen-bond donors (Lipinski definition) is 0. The molecule has 1 fully saturated rings. The third kappa shape index (κ3) is 4.31. The molecule has 0 unspecified atom stereocenters. The van der Waals surface area contributed by atoms with E-state index < -0.39 is 0 Å². The van der Waals surface area contributed by atoms with Gasteiger partial charge in [0.25, 0.3) is 0 Å². The Kier molecular flexibility index (Phi) is 5.77. The summed E-state index contributed by atoms with van der Waals surface area (Å²) in [5.41, 5.74) is 2.81. The highest BCUT2D eigenvalue weighted by Crippen LogP contribution is 2.25. The Balaban J connectivity index is 1.45. The number of fused-ring (bicyclic) bond motifs is 1. The molecule has 1 saturated heterocycles. The highest BCUT2D eigenvalue weighted by molar-refractivity contribution is 5.79. The van der Waals surface area contributed by atoms with Crippen LogP contribution >= 0.6 is 0 Å². The first-order valence-electron chi connectivity index (χ1n) is 11.2. The van der Waals surface area contributed by atoms with Crippen molar-refractivity contribution < 1.29 is 9.18 Å². The predicted octanol–water partition coefficient (Wildman–Crippen LogP) is 3.79. The summed E-state index contributed by atoms with van der Waals surface area (Å²) in [5, 5.41) is 0. The average molecular weight is 445 g/mol. The fourth-order valence-electron chi connectivity index (χ4n) is 4.68. The fourth-order valence-corrected chi connectivity index (χ4v) is 4.68. The van der Waals surface area contributed by atoms with E-state index in [1.54, 1.807) is 33.5 Å². The number of hydrogen-bond acceptors (Lipinski definition) is 3. The van der Waals surface area contributed by atoms with E-state index in [0.717, 1.165) is 18.4 Å². The molecular weight excluding hydrogens is 419 g/mol. The van der Waals surface area contributed by atoms with Crippen molar-refractivity contribution in [2.45, 2.75) is 31.8 Å². The molecule has 33 heavy (non-hydrogen) atoms. The van der Waals surface area contributed by atoms with Gasteiger partial charge in [-0.15, -0.1) is 0 Å². The number of benzene rings is 2. The number of halogens is 1. The summed E-state index contributed by atoms with van der Waals surface area (Å²) in [7, 11) is 0. The molecule has 0 aliphatic carbocycles. The van der Waals surface area contributed by atoms with E-state index in [1.807, 2.05) is 41.3 Å². The van der Waals surface area contributed by atoms with Crippen LogP contribution in [0.15, 0.2) is 77.7 Å². The zero-order valence-corrected chi connectivity index (χ0v) is 18.2. The normalized spacial score (nSPS) is 16.3. The van der Waals surface area contributed by atoms with Crippen molar-refractivity contribution in [1.82, 2.24) is 19.0 Å². The molecule has 0 N–H and O–H groups in total. The minimum Gasteiger partial charge on any atom is -0.340 e. The Morgan fingerprint density at radius 3 is 2.67 bits per heavy atom. The van der Waals surface area contributed by atoms with Crippen molar-refractivity contribution >= 4 is 17.1 Å². The second-order valence-corrected chi connectivity index (χ2v) is 8.51. The quantitative estimate of drug-likeness (QED) is 0.471. The summed E-state index contributed by atoms with van der Waals surface area (Å²) in [6.45, 7) is 1.42. The molecule has 1 amide bonds. The largest absolute Gasteiger partial charge is 0.340 e. The first-order chi connectivity index (χ1) is 16.1. The van der Waals surface area contributed by atoms with Gasteiger partial charge in [0.05, 0.1) is 24.5 Å². The molecule has 6 nitrogen and oxygen atoms in total. The Morgan fingerprint density at radius 1 is 1.03 bits per heavy atom. The van der Waals surface area contributed by atoms with Gasteiger partial charge in [-0.1, -0.05) is 42.5 Å². The maximum Gasteiger partial charge on any atom is 0.330 e. The topological polar surface area (TPSA) is 60.1 Å². The highest BCUT2D eigenvalue weighted by Gasteiger charge is 2.28. The molecule has 0 radical (unpaired) electrons. The van der Waals surface area contributed by atoms with E-state index in [4.69, 9.17) is 0 Å². The van der Waals surface area contributed by atoms with Gasteiger partial charge in [-0.3, -0.25) is 13.9 Å². The van der Waals surface area contributed by atoms with Crippen molar-refractivity contribution in [3.8, 4) is 0 Å². The first kappa shape index (κ1) is 21.1. The number of nitrogens with zero attached hydrogens (tertiary/aromatic N) is 4. The van der Waals surface area contributed by atoms with Crippen LogP contribution in [0.5, 0.6) is 0 Å². The number of likely N-dealkylation sites (tertiary alicyclic amines) is 1. The number of aromatic nitrogens is 3. The number of amides is 1. The summed E-state index contributed by atoms with van der Waals surface area (Å²) in [6.07, 6.45) is 3.64. The summed E-state index contributed by atoms with van der Waals surface area (Å²) >= 11 is 0. The Labute approximate surface area is 190 Å². The number of rotatable bonds is 5. The lowest BCUT2D eigenvalue weighted by Crippen LogP contribution is -2.43. The molecule has 7 heteroatoms. The fraction of sp³-hybridized carbons (Fsp3) is 0.269. The van der Waals surface area contributed by atoms with Gasteiger partial charge in [-0.2, -0.15) is 0 Å². The van der Waals surface area contributed by atoms with Gasteiger partial charge in [0.2, 0.25) is 5.91 Å². The van der Waals surface area contributed by atoms with Crippen molar-refractivity contribution in [1.29, 1.82) is 0 Å². The SMILES string of the molecule is O=C(Cc1ccccc1)N1CCC[C@H](n2c(=O)n(Cc3cccc(F)c3)c3cccnc32)C1. The minimum atomic E-state index is -0.331. The second kappa shape index (κ2) is 9.02. The highest BCUT2D eigenvalue weighted by atomic mass is 19.1. The zero-order chi connectivity index (χ0) is 22.8. The number of imidazole rings is 1. The summed E-state index contributed by atoms with van der Waals surface area (Å²) in [6, 6.07) is 19.5. The molecule has 5 rings (SSSR count). The molecule has 0 saturated carbocycles. The van der Waals surface area contributed by atoms with E-state index in [-0.39, 0.29) is 30.0 Å². The van der Waals surface area contributed by atoms with Gasteiger partial charge in [-0.05, 0) is 48.2 Å². The third-order valence-corrected chi connectivity index (χ3v) is 6.26. The van der Waals surface area contributed by atoms with Gasteiger partial charge in [0.1, 0.15) is 5.82 Å². The van der Waals surface area contributed by atoms with Gasteiger partial charge in [0, 0.05) is 19.3 Å². The average Bonchev–Trinajstić information content (AvgIpc) is 3.11. The number of carbonyl (C=O) groups excluding carboxylic acids is 1. The predicted molar refractivity (Wildman–Crippen MR) is 124 cm³/mol. The van der Waals surface area contributed by atoms with Crippen LogP contribution in [0.4, 0.5) is 4.39 Å². The standard InChI is InChI=1S/C26H25FN4O2/c27-21-10-4-9-20(15-21)17-30-23-12-5-13-28-25(23)31(26(30)33)22-11-6-14-29(18-22)24(32)16-19-7-2-1-3-8-19/h1-5,7-10,12-13,15,22H,6,11,14,16-18H2/t22-/m0/s1. The second-order valence-electron chi connectivity index (χ2n) is 8.51. The van der Waals surface area contributed by atoms with Gasteiger partial charge < -0.3 is 4.90 Å². The van der Waals surface area contributed by atoms with Gasteiger partial charge >= 0.3 is 5.69 Å². The van der Waals surface area contributed by atoms with Crippen LogP contribution in [0.1, 0.15) is 30.0 Å². The molecule has 0 bridgehead atoms. The maximum absolute atomic E-state index is 13.7. The monoisotopic (exact) mass is 444 g/mol. The lowest BCUT2D eigenvalue weighted by atomic mass is 10.0. The molecule has 4 aromatic rings. The Hall–Kier alpha value is -3.74. The molecule has 0 spiro atoms. The summed E-state index contributed by atoms with van der Waals surface area (Å²) in [4.78, 5) is 32.8. The molecule has 1 aliphatic heterocycles. The van der Waals surface area contributed by atoms with Crippen LogP contribution in [-0.4, -0.2) is 38.0 Å². The minimum absolute atomic E-state index is 0.0652. The van der Waals surface area contributed by atoms with Gasteiger partial charge in [-0.25, -0.2) is 14.2 Å². The van der Waals surface area contributed by atoms with Crippen molar-refractivity contribution in [3.63, 3.8) is 0 Å². The van der Waals surface area contributed by atoms with Gasteiger partial charge in [0.15, 0.2) is 5.65 Å². The Bertz CT molecular complexity index is 1350. The molecule has 2 aromatic carbocycles. The molecular formula is C26H25FN4O2. The van der Waals surface area contributed by atoms with Crippen molar-refractivity contribution in [3.05, 3.63) is 100 Å². The smallest absolute Gasteiger partial charge is 0.330 e. The number of piperidine rings is 1. The lowest BCUT2D eigenvalue weighted by molar-refractivity contribution is -0.132. The van der Waals surface area contributed by atoms with E-state index in [2.05, 4.69) is 4.98 Å². The van der Waals surface area contributed by atoms with Crippen LogP contribution in [-0.2, 0) is 17.8 Å². The van der Waals surface area contributed by atoms with Crippen LogP contribution in [0, 0.1) is 5.82 Å². The maximum atomic E-state index is 13.7. The lowest BCUT2D eigenvalue weighted by Gasteiger charge is -2.33. The number of carbonyl (C=O) groups is 1. The summed E-state index contributed by atoms with van der Waals surface area (Å²) < 4.78 is 17.1. The van der Waals surface area contributed by atoms with E-state index >= 15 is 0 Å². The van der Waals surface area contributed by atoms with Crippen LogP contribution in [0.3, 0.4) is 0 Å². The first-order valence-corrected chi connectivity index (χ1v) is 11.2. The third-order valence-electron chi connectivity index (χ3n) is 6.26. The van der Waals surface area contributed by atoms with E-state index in [1.165, 1.54) is 12.1 Å². The van der Waals surface area contributed by atoms with Crippen molar-refractivity contribution in [2.24, 2.45) is 0 Å².